The van der Waals surface area contributed by atoms with E-state index in [2.05, 4.69) is 36.1 Å². The maximum absolute atomic E-state index is 14.0. The van der Waals surface area contributed by atoms with Crippen LogP contribution in [0.25, 0.3) is 0 Å². The summed E-state index contributed by atoms with van der Waals surface area (Å²) in [6.07, 6.45) is 0.737. The number of rotatable bonds is 8. The van der Waals surface area contributed by atoms with Crippen LogP contribution < -0.4 is 13.8 Å². The average molecular weight is 481 g/mol. The highest BCUT2D eigenvalue weighted by Gasteiger charge is 2.38. The van der Waals surface area contributed by atoms with Crippen LogP contribution in [-0.2, 0) is 16.6 Å². The fourth-order valence-corrected chi connectivity index (χ4v) is 6.44. The van der Waals surface area contributed by atoms with E-state index in [9.17, 15) is 8.42 Å². The van der Waals surface area contributed by atoms with Crippen molar-refractivity contribution < 1.29 is 17.9 Å². The monoisotopic (exact) mass is 480 g/mol. The van der Waals surface area contributed by atoms with Gasteiger partial charge in [0.1, 0.15) is 11.5 Å². The lowest BCUT2D eigenvalue weighted by Gasteiger charge is -2.43. The van der Waals surface area contributed by atoms with E-state index in [0.717, 1.165) is 26.1 Å². The highest BCUT2D eigenvalue weighted by Crippen LogP contribution is 2.35. The molecule has 4 rings (SSSR count). The zero-order valence-electron chi connectivity index (χ0n) is 19.9. The summed E-state index contributed by atoms with van der Waals surface area (Å²) in [6.45, 7) is 4.64. The maximum Gasteiger partial charge on any atom is 0.264 e. The fourth-order valence-electron chi connectivity index (χ4n) is 4.67. The maximum atomic E-state index is 14.0. The van der Waals surface area contributed by atoms with Crippen LogP contribution in [0.2, 0.25) is 0 Å². The van der Waals surface area contributed by atoms with E-state index < -0.39 is 10.0 Å². The molecule has 0 saturated carbocycles. The minimum absolute atomic E-state index is 0.136. The first kappa shape index (κ1) is 24.1. The second-order valence-corrected chi connectivity index (χ2v) is 10.5. The largest absolute Gasteiger partial charge is 0.497 e. The van der Waals surface area contributed by atoms with Crippen LogP contribution in [0.1, 0.15) is 18.9 Å². The third-order valence-corrected chi connectivity index (χ3v) is 8.29. The summed E-state index contributed by atoms with van der Waals surface area (Å²) >= 11 is 0. The summed E-state index contributed by atoms with van der Waals surface area (Å²) < 4.78 is 40.2. The van der Waals surface area contributed by atoms with Gasteiger partial charge in [0.05, 0.1) is 30.8 Å². The van der Waals surface area contributed by atoms with Crippen molar-refractivity contribution in [3.8, 4) is 11.5 Å². The summed E-state index contributed by atoms with van der Waals surface area (Å²) in [6, 6.07) is 24.1. The molecule has 0 bridgehead atoms. The van der Waals surface area contributed by atoms with Gasteiger partial charge in [-0.15, -0.1) is 0 Å². The van der Waals surface area contributed by atoms with Gasteiger partial charge in [-0.2, -0.15) is 0 Å². The van der Waals surface area contributed by atoms with Crippen molar-refractivity contribution in [1.29, 1.82) is 0 Å². The number of piperidine rings is 1. The number of hydrogen-bond acceptors (Lipinski definition) is 5. The Hall–Kier alpha value is -3.03. The van der Waals surface area contributed by atoms with Gasteiger partial charge < -0.3 is 9.47 Å². The average Bonchev–Trinajstić information content (AvgIpc) is 2.86. The Morgan fingerprint density at radius 3 is 2.26 bits per heavy atom. The Morgan fingerprint density at radius 2 is 1.62 bits per heavy atom. The van der Waals surface area contributed by atoms with Gasteiger partial charge in [0.2, 0.25) is 0 Å². The van der Waals surface area contributed by atoms with Crippen LogP contribution in [0.3, 0.4) is 0 Å². The predicted octanol–water partition coefficient (Wildman–Crippen LogP) is 4.81. The zero-order valence-corrected chi connectivity index (χ0v) is 20.7. The molecule has 1 heterocycles. The van der Waals surface area contributed by atoms with E-state index in [4.69, 9.17) is 9.47 Å². The van der Waals surface area contributed by atoms with Crippen LogP contribution in [-0.4, -0.2) is 46.7 Å². The molecule has 1 aliphatic rings. The van der Waals surface area contributed by atoms with Gasteiger partial charge in [-0.25, -0.2) is 8.42 Å². The van der Waals surface area contributed by atoms with Crippen LogP contribution in [0, 0.1) is 5.92 Å². The molecule has 1 aliphatic heterocycles. The van der Waals surface area contributed by atoms with Crippen molar-refractivity contribution in [2.45, 2.75) is 30.8 Å². The Bertz CT molecular complexity index is 1180. The van der Waals surface area contributed by atoms with Crippen molar-refractivity contribution in [3.05, 3.63) is 84.4 Å². The quantitative estimate of drug-likeness (QED) is 0.463. The van der Waals surface area contributed by atoms with E-state index in [1.807, 2.05) is 24.3 Å². The lowest BCUT2D eigenvalue weighted by atomic mass is 9.93. The van der Waals surface area contributed by atoms with Gasteiger partial charge in [0.25, 0.3) is 10.0 Å². The minimum Gasteiger partial charge on any atom is -0.497 e. The molecule has 34 heavy (non-hydrogen) atoms. The molecule has 0 aromatic heterocycles. The third-order valence-electron chi connectivity index (χ3n) is 6.42. The number of sulfonamides is 1. The van der Waals surface area contributed by atoms with Crippen LogP contribution in [0.4, 0.5) is 5.69 Å². The summed E-state index contributed by atoms with van der Waals surface area (Å²) in [4.78, 5) is 2.65. The molecule has 1 fully saturated rings. The first-order valence-electron chi connectivity index (χ1n) is 11.5. The van der Waals surface area contributed by atoms with Gasteiger partial charge in [-0.1, -0.05) is 43.3 Å². The predicted molar refractivity (Wildman–Crippen MR) is 135 cm³/mol. The molecule has 0 unspecified atom stereocenters. The van der Waals surface area contributed by atoms with Gasteiger partial charge in [-0.3, -0.25) is 9.21 Å². The molecular formula is C27H32N2O4S. The van der Waals surface area contributed by atoms with Gasteiger partial charge >= 0.3 is 0 Å². The van der Waals surface area contributed by atoms with Crippen LogP contribution >= 0.6 is 0 Å². The third kappa shape index (κ3) is 5.21. The summed E-state index contributed by atoms with van der Waals surface area (Å²) in [5.41, 5.74) is 1.88. The molecule has 0 radical (unpaired) electrons. The normalized spacial score (nSPS) is 18.9. The number of benzene rings is 3. The standard InChI is InChI=1S/C27H32N2O4S/c1-21-19-28(20-22-8-5-4-6-9-22)17-16-27(21)29(23-10-7-11-25(18-23)33-3)34(30,31)26-14-12-24(32-2)13-15-26/h4-15,18,21,27H,16-17,19-20H2,1-3H3/t21-,27+/m0/s1. The second kappa shape index (κ2) is 10.5. The molecule has 0 amide bonds. The van der Waals surface area contributed by atoms with Gasteiger partial charge in [-0.05, 0) is 54.3 Å². The molecule has 3 aromatic rings. The summed E-state index contributed by atoms with van der Waals surface area (Å²) in [7, 11) is -0.653. The lowest BCUT2D eigenvalue weighted by Crippen LogP contribution is -2.52. The topological polar surface area (TPSA) is 59.1 Å². The SMILES string of the molecule is COc1ccc(S(=O)(=O)N(c2cccc(OC)c2)[C@@H]2CCN(Cc3ccccc3)C[C@@H]2C)cc1. The van der Waals surface area contributed by atoms with Crippen molar-refractivity contribution in [2.24, 2.45) is 5.92 Å². The number of hydrogen-bond donors (Lipinski definition) is 0. The van der Waals surface area contributed by atoms with Crippen LogP contribution in [0.5, 0.6) is 11.5 Å². The molecular weight excluding hydrogens is 448 g/mol. The first-order valence-corrected chi connectivity index (χ1v) is 12.9. The van der Waals surface area contributed by atoms with Crippen molar-refractivity contribution in [2.75, 3.05) is 31.6 Å². The number of methoxy groups -OCH3 is 2. The first-order chi connectivity index (χ1) is 16.4. The van der Waals surface area contributed by atoms with E-state index in [0.29, 0.717) is 17.2 Å². The minimum atomic E-state index is -3.81. The smallest absolute Gasteiger partial charge is 0.264 e. The summed E-state index contributed by atoms with van der Waals surface area (Å²) in [5, 5.41) is 0. The summed E-state index contributed by atoms with van der Waals surface area (Å²) in [5.74, 6) is 1.38. The Kier molecular flexibility index (Phi) is 7.44. The highest BCUT2D eigenvalue weighted by atomic mass is 32.2. The number of likely N-dealkylation sites (tertiary alicyclic amines) is 1. The fraction of sp³-hybridized carbons (Fsp3) is 0.333. The molecule has 2 atom stereocenters. The molecule has 3 aromatic carbocycles. The molecule has 180 valence electrons. The molecule has 7 heteroatoms. The van der Waals surface area contributed by atoms with Gasteiger partial charge in [0.15, 0.2) is 0 Å². The van der Waals surface area contributed by atoms with Gasteiger partial charge in [0, 0.05) is 25.7 Å². The number of anilines is 1. The Morgan fingerprint density at radius 1 is 0.912 bits per heavy atom. The lowest BCUT2D eigenvalue weighted by molar-refractivity contribution is 0.159. The van der Waals surface area contributed by atoms with Crippen molar-refractivity contribution in [1.82, 2.24) is 4.90 Å². The zero-order chi connectivity index (χ0) is 24.1. The molecule has 6 nitrogen and oxygen atoms in total. The second-order valence-electron chi connectivity index (χ2n) is 8.73. The van der Waals surface area contributed by atoms with Crippen molar-refractivity contribution >= 4 is 15.7 Å². The van der Waals surface area contributed by atoms with E-state index in [-0.39, 0.29) is 16.9 Å². The molecule has 1 saturated heterocycles. The van der Waals surface area contributed by atoms with E-state index in [1.54, 1.807) is 48.9 Å². The Balaban J connectivity index is 1.65. The Labute approximate surface area is 202 Å². The van der Waals surface area contributed by atoms with E-state index >= 15 is 0 Å². The molecule has 0 aliphatic carbocycles. The van der Waals surface area contributed by atoms with Crippen molar-refractivity contribution in [3.63, 3.8) is 0 Å². The number of ether oxygens (including phenoxy) is 2. The highest BCUT2D eigenvalue weighted by molar-refractivity contribution is 7.92. The van der Waals surface area contributed by atoms with Crippen LogP contribution in [0.15, 0.2) is 83.8 Å². The van der Waals surface area contributed by atoms with E-state index in [1.165, 1.54) is 5.56 Å². The molecule has 0 spiro atoms. The number of nitrogens with zero attached hydrogens (tertiary/aromatic N) is 2. The molecule has 0 N–H and O–H groups in total.